The molecule has 36 heavy (non-hydrogen) atoms. The molecule has 1 aliphatic heterocycles. The Morgan fingerprint density at radius 1 is 0.750 bits per heavy atom. The summed E-state index contributed by atoms with van der Waals surface area (Å²) in [5.41, 5.74) is 7.71. The van der Waals surface area contributed by atoms with E-state index in [2.05, 4.69) is 101 Å². The van der Waals surface area contributed by atoms with E-state index in [0.717, 1.165) is 33.9 Å². The summed E-state index contributed by atoms with van der Waals surface area (Å²) in [6, 6.07) is 31.9. The molecular formula is C31H19N3OPo. The van der Waals surface area contributed by atoms with Gasteiger partial charge in [-0.15, -0.1) is 0 Å². The van der Waals surface area contributed by atoms with Gasteiger partial charge in [0.15, 0.2) is 0 Å². The van der Waals surface area contributed by atoms with Gasteiger partial charge in [0.05, 0.1) is 0 Å². The molecule has 0 aliphatic carbocycles. The molecule has 1 aliphatic rings. The normalized spacial score (nSPS) is 12.7. The van der Waals surface area contributed by atoms with Crippen LogP contribution in [0.15, 0.2) is 97.2 Å². The second-order valence-corrected chi connectivity index (χ2v) is 13.1. The number of aromatic nitrogens is 3. The molecule has 0 amide bonds. The van der Waals surface area contributed by atoms with E-state index in [4.69, 9.17) is 9.72 Å². The Morgan fingerprint density at radius 3 is 2.47 bits per heavy atom. The number of pyridine rings is 2. The molecule has 170 valence electrons. The summed E-state index contributed by atoms with van der Waals surface area (Å²) < 4.78 is 11.7. The molecule has 0 fully saturated rings. The third-order valence-corrected chi connectivity index (χ3v) is 11.7. The number of rotatable bonds is 1. The Bertz CT molecular complexity index is 2010. The topological polar surface area (TPSA) is 39.4 Å². The predicted molar refractivity (Wildman–Crippen MR) is 147 cm³/mol. The van der Waals surface area contributed by atoms with Gasteiger partial charge in [-0.05, 0) is 0 Å². The molecule has 0 atom stereocenters. The van der Waals surface area contributed by atoms with Crippen LogP contribution in [0.1, 0.15) is 5.56 Å². The average Bonchev–Trinajstić information content (AvgIpc) is 3.32. The van der Waals surface area contributed by atoms with Gasteiger partial charge in [0.1, 0.15) is 0 Å². The van der Waals surface area contributed by atoms with Crippen molar-refractivity contribution in [2.24, 2.45) is 0 Å². The number of aryl methyl sites for hydroxylation is 1. The summed E-state index contributed by atoms with van der Waals surface area (Å²) in [7, 11) is 0. The van der Waals surface area contributed by atoms with Gasteiger partial charge in [-0.25, -0.2) is 0 Å². The summed E-state index contributed by atoms with van der Waals surface area (Å²) in [5, 5.41) is 3.71. The number of para-hydroxylation sites is 3. The first-order valence-electron chi connectivity index (χ1n) is 11.9. The summed E-state index contributed by atoms with van der Waals surface area (Å²) in [5.74, 6) is 1.99. The van der Waals surface area contributed by atoms with Crippen LogP contribution in [0.3, 0.4) is 0 Å². The van der Waals surface area contributed by atoms with Crippen molar-refractivity contribution in [3.63, 3.8) is 0 Å². The van der Waals surface area contributed by atoms with Crippen LogP contribution in [0, 0.1) is 6.92 Å². The molecule has 4 aromatic carbocycles. The fraction of sp³-hybridized carbons (Fsp3) is 0.0323. The van der Waals surface area contributed by atoms with Crippen LogP contribution >= 0.6 is 0 Å². The van der Waals surface area contributed by atoms with Gasteiger partial charge in [0.25, 0.3) is 0 Å². The molecule has 8 rings (SSSR count). The van der Waals surface area contributed by atoms with E-state index in [-0.39, 0.29) is 0 Å². The molecule has 0 bridgehead atoms. The van der Waals surface area contributed by atoms with Crippen LogP contribution in [-0.2, 0) is 0 Å². The van der Waals surface area contributed by atoms with Gasteiger partial charge in [-0.2, -0.15) is 0 Å². The number of nitrogens with zero attached hydrogens (tertiary/aromatic N) is 3. The Balaban J connectivity index is 1.50. The van der Waals surface area contributed by atoms with E-state index in [1.165, 1.54) is 39.2 Å². The first-order valence-corrected chi connectivity index (χ1v) is 15.1. The number of hydrogen-bond acceptors (Lipinski definition) is 3. The van der Waals surface area contributed by atoms with Crippen LogP contribution in [-0.4, -0.2) is 37.9 Å². The van der Waals surface area contributed by atoms with Crippen molar-refractivity contribution in [2.45, 2.75) is 6.92 Å². The van der Waals surface area contributed by atoms with E-state index >= 15 is 0 Å². The molecule has 0 unspecified atom stereocenters. The Labute approximate surface area is 219 Å². The Morgan fingerprint density at radius 2 is 1.58 bits per heavy atom. The third-order valence-electron chi connectivity index (χ3n) is 7.01. The van der Waals surface area contributed by atoms with E-state index < -0.39 is 23.6 Å². The molecule has 5 heteroatoms. The Kier molecular flexibility index (Phi) is 4.30. The summed E-state index contributed by atoms with van der Waals surface area (Å²) in [4.78, 5) is 9.86. The molecule has 0 N–H and O–H groups in total. The van der Waals surface area contributed by atoms with E-state index in [1.807, 2.05) is 12.3 Å². The first-order chi connectivity index (χ1) is 17.8. The SMILES string of the molecule is Cc1ccc(-c2ccccn2)[c]2c1Oc1ccc3c4ccccc4n4c5ccccc5nc4c3[c]1[Po]2. The van der Waals surface area contributed by atoms with Crippen molar-refractivity contribution in [1.29, 1.82) is 0 Å². The standard InChI is InChI=1S/C31H19N3O.Po/c1-20-13-14-21(26-9-6-7-17-32-26)18-30(20)35-22-15-16-23-24-8-2-4-11-28(24)34-29-12-5-3-10-27(29)33-31(34)25(23)19-22;/h2-17H,1H3;. The summed E-state index contributed by atoms with van der Waals surface area (Å²) in [6.07, 6.45) is 1.87. The molecule has 0 saturated heterocycles. The number of fused-ring (bicyclic) bond motifs is 11. The minimum absolute atomic E-state index is 0.977. The number of hydrogen-bond donors (Lipinski definition) is 0. The van der Waals surface area contributed by atoms with Crippen molar-refractivity contribution < 1.29 is 4.74 Å². The fourth-order valence-corrected chi connectivity index (χ4v) is 10.4. The zero-order valence-corrected chi connectivity index (χ0v) is 22.6. The van der Waals surface area contributed by atoms with Gasteiger partial charge >= 0.3 is 220 Å². The van der Waals surface area contributed by atoms with Crippen LogP contribution in [0.5, 0.6) is 11.5 Å². The summed E-state index contributed by atoms with van der Waals surface area (Å²) >= 11 is -1.25. The van der Waals surface area contributed by atoms with Gasteiger partial charge in [-0.1, -0.05) is 0 Å². The molecule has 7 aromatic rings. The van der Waals surface area contributed by atoms with Crippen molar-refractivity contribution >= 4 is 68.4 Å². The third kappa shape index (κ3) is 2.78. The summed E-state index contributed by atoms with van der Waals surface area (Å²) in [6.45, 7) is 2.14. The van der Waals surface area contributed by atoms with Gasteiger partial charge in [0.2, 0.25) is 0 Å². The van der Waals surface area contributed by atoms with Crippen molar-refractivity contribution in [3.05, 3.63) is 103 Å². The zero-order chi connectivity index (χ0) is 23.8. The van der Waals surface area contributed by atoms with Crippen LogP contribution in [0.2, 0.25) is 0 Å². The molecule has 0 radical (unpaired) electrons. The van der Waals surface area contributed by atoms with Crippen molar-refractivity contribution in [3.8, 4) is 22.8 Å². The van der Waals surface area contributed by atoms with Crippen molar-refractivity contribution in [1.82, 2.24) is 14.4 Å². The molecular weight excluding hydrogens is 639 g/mol. The van der Waals surface area contributed by atoms with Gasteiger partial charge < -0.3 is 0 Å². The predicted octanol–water partition coefficient (Wildman–Crippen LogP) is 5.93. The van der Waals surface area contributed by atoms with Gasteiger partial charge in [0, 0.05) is 0 Å². The zero-order valence-electron chi connectivity index (χ0n) is 19.4. The average molecular weight is 659 g/mol. The van der Waals surface area contributed by atoms with E-state index in [1.54, 1.807) is 0 Å². The first kappa shape index (κ1) is 20.4. The molecule has 0 spiro atoms. The maximum atomic E-state index is 6.69. The van der Waals surface area contributed by atoms with E-state index in [0.29, 0.717) is 0 Å². The van der Waals surface area contributed by atoms with E-state index in [9.17, 15) is 0 Å². The number of imidazole rings is 1. The monoisotopic (exact) mass is 658 g/mol. The van der Waals surface area contributed by atoms with Gasteiger partial charge in [-0.3, -0.25) is 0 Å². The fourth-order valence-electron chi connectivity index (χ4n) is 5.35. The second-order valence-electron chi connectivity index (χ2n) is 9.10. The quantitative estimate of drug-likeness (QED) is 0.206. The van der Waals surface area contributed by atoms with Crippen LogP contribution < -0.4 is 11.2 Å². The maximum absolute atomic E-state index is 6.69. The van der Waals surface area contributed by atoms with Crippen LogP contribution in [0.25, 0.3) is 49.6 Å². The number of benzene rings is 4. The minimum atomic E-state index is -1.25. The molecule has 4 heterocycles. The molecule has 3 aromatic heterocycles. The Hall–Kier alpha value is -3.80. The van der Waals surface area contributed by atoms with Crippen LogP contribution in [0.4, 0.5) is 0 Å². The van der Waals surface area contributed by atoms with Crippen molar-refractivity contribution in [2.75, 3.05) is 0 Å². The second kappa shape index (κ2) is 7.60. The molecule has 4 nitrogen and oxygen atoms in total. The molecule has 0 saturated carbocycles. The number of ether oxygens (including phenoxy) is 1.